The molecule has 2 aliphatic heterocycles. The van der Waals surface area contributed by atoms with Gasteiger partial charge in [0.05, 0.1) is 6.10 Å². The van der Waals surface area contributed by atoms with Crippen molar-refractivity contribution in [3.63, 3.8) is 0 Å². The van der Waals surface area contributed by atoms with Crippen molar-refractivity contribution in [2.24, 2.45) is 0 Å². The van der Waals surface area contributed by atoms with Crippen LogP contribution >= 0.6 is 24.0 Å². The Morgan fingerprint density at radius 3 is 2.29 bits per heavy atom. The molecular weight excluding hydrogens is 461 g/mol. The number of fused-ring (bicyclic) bond motifs is 2. The van der Waals surface area contributed by atoms with Gasteiger partial charge in [0.15, 0.2) is 0 Å². The molecule has 0 amide bonds. The lowest BCUT2D eigenvalue weighted by molar-refractivity contribution is -0.0132. The van der Waals surface area contributed by atoms with Gasteiger partial charge in [-0.3, -0.25) is 0 Å². The maximum atomic E-state index is 6.88. The van der Waals surface area contributed by atoms with Crippen LogP contribution in [0.5, 0.6) is 0 Å². The van der Waals surface area contributed by atoms with Crippen molar-refractivity contribution in [2.75, 3.05) is 4.90 Å². The van der Waals surface area contributed by atoms with E-state index >= 15 is 0 Å². The van der Waals surface area contributed by atoms with Gasteiger partial charge in [0.1, 0.15) is 6.10 Å². The number of rotatable bonds is 8. The van der Waals surface area contributed by atoms with E-state index in [1.165, 1.54) is 48.9 Å². The molecular formula is C30H35Cl2NO. The van der Waals surface area contributed by atoms with Gasteiger partial charge in [-0.15, -0.1) is 12.4 Å². The van der Waals surface area contributed by atoms with Crippen LogP contribution in [-0.2, 0) is 11.2 Å². The summed E-state index contributed by atoms with van der Waals surface area (Å²) >= 11 is 6.34. The van der Waals surface area contributed by atoms with Crippen LogP contribution in [0, 0.1) is 0 Å². The monoisotopic (exact) mass is 495 g/mol. The zero-order valence-corrected chi connectivity index (χ0v) is 21.5. The van der Waals surface area contributed by atoms with Crippen LogP contribution in [0.3, 0.4) is 0 Å². The summed E-state index contributed by atoms with van der Waals surface area (Å²) in [5.41, 5.74) is 5.20. The number of aryl methyl sites for hydroxylation is 1. The summed E-state index contributed by atoms with van der Waals surface area (Å²) in [6.45, 7) is 2.26. The number of piperidine rings is 1. The van der Waals surface area contributed by atoms with E-state index in [1.807, 2.05) is 18.2 Å². The SMILES string of the molecule is CCCCc1cccc(N2C3CCC2CC(OC(c2ccccc2)c2cccc(Cl)c2)C3)c1.Cl. The Bertz CT molecular complexity index is 1040. The molecule has 2 nitrogen and oxygen atoms in total. The number of ether oxygens (including phenoxy) is 1. The topological polar surface area (TPSA) is 12.5 Å². The van der Waals surface area contributed by atoms with Crippen molar-refractivity contribution in [1.82, 2.24) is 0 Å². The summed E-state index contributed by atoms with van der Waals surface area (Å²) < 4.78 is 6.88. The number of hydrogen-bond acceptors (Lipinski definition) is 2. The molecule has 2 saturated heterocycles. The summed E-state index contributed by atoms with van der Waals surface area (Å²) in [6.07, 6.45) is 8.54. The fourth-order valence-corrected chi connectivity index (χ4v) is 5.95. The summed E-state index contributed by atoms with van der Waals surface area (Å²) in [5, 5.41) is 0.759. The first kappa shape index (κ1) is 25.1. The van der Waals surface area contributed by atoms with Gasteiger partial charge in [-0.25, -0.2) is 0 Å². The van der Waals surface area contributed by atoms with Crippen molar-refractivity contribution in [2.45, 2.75) is 76.2 Å². The minimum absolute atomic E-state index is 0. The molecule has 3 aromatic rings. The van der Waals surface area contributed by atoms with E-state index in [0.29, 0.717) is 12.1 Å². The van der Waals surface area contributed by atoms with Crippen molar-refractivity contribution in [1.29, 1.82) is 0 Å². The lowest BCUT2D eigenvalue weighted by Gasteiger charge is -2.41. The summed E-state index contributed by atoms with van der Waals surface area (Å²) in [6, 6.07) is 29.1. The van der Waals surface area contributed by atoms with E-state index in [-0.39, 0.29) is 24.6 Å². The predicted octanol–water partition coefficient (Wildman–Crippen LogP) is 8.41. The van der Waals surface area contributed by atoms with E-state index < -0.39 is 0 Å². The highest BCUT2D eigenvalue weighted by Crippen LogP contribution is 2.42. The molecule has 3 unspecified atom stereocenters. The first-order valence-electron chi connectivity index (χ1n) is 12.5. The minimum atomic E-state index is -0.0850. The molecule has 0 aromatic heterocycles. The van der Waals surface area contributed by atoms with Crippen molar-refractivity contribution < 1.29 is 4.74 Å². The maximum Gasteiger partial charge on any atom is 0.108 e. The molecule has 34 heavy (non-hydrogen) atoms. The van der Waals surface area contributed by atoms with Crippen LogP contribution in [0.25, 0.3) is 0 Å². The number of hydrogen-bond donors (Lipinski definition) is 0. The maximum absolute atomic E-state index is 6.88. The van der Waals surface area contributed by atoms with Gasteiger partial charge in [-0.1, -0.05) is 79.5 Å². The van der Waals surface area contributed by atoms with E-state index in [4.69, 9.17) is 16.3 Å². The Balaban J connectivity index is 0.00000274. The lowest BCUT2D eigenvalue weighted by atomic mass is 9.96. The van der Waals surface area contributed by atoms with Gasteiger partial charge in [-0.2, -0.15) is 0 Å². The average molecular weight is 497 g/mol. The normalized spacial score (nSPS) is 22.3. The zero-order chi connectivity index (χ0) is 22.6. The molecule has 3 aromatic carbocycles. The number of nitrogens with zero attached hydrogens (tertiary/aromatic N) is 1. The fraction of sp³-hybridized carbons (Fsp3) is 0.400. The number of unbranched alkanes of at least 4 members (excludes halogenated alkanes) is 1. The minimum Gasteiger partial charge on any atom is -0.365 e. The molecule has 2 fully saturated rings. The molecule has 3 atom stereocenters. The molecule has 5 rings (SSSR count). The first-order valence-corrected chi connectivity index (χ1v) is 12.9. The molecule has 4 heteroatoms. The third kappa shape index (κ3) is 5.62. The fourth-order valence-electron chi connectivity index (χ4n) is 5.75. The van der Waals surface area contributed by atoms with E-state index in [0.717, 1.165) is 23.4 Å². The van der Waals surface area contributed by atoms with E-state index in [2.05, 4.69) is 72.5 Å². The van der Waals surface area contributed by atoms with Gasteiger partial charge >= 0.3 is 0 Å². The van der Waals surface area contributed by atoms with E-state index in [9.17, 15) is 0 Å². The summed E-state index contributed by atoms with van der Waals surface area (Å²) in [7, 11) is 0. The Morgan fingerprint density at radius 1 is 0.882 bits per heavy atom. The average Bonchev–Trinajstić information content (AvgIpc) is 3.12. The second kappa shape index (κ2) is 11.6. The van der Waals surface area contributed by atoms with Crippen LogP contribution in [0.15, 0.2) is 78.9 Å². The Labute approximate surface area is 215 Å². The molecule has 2 heterocycles. The molecule has 0 N–H and O–H groups in total. The van der Waals surface area contributed by atoms with Crippen LogP contribution in [-0.4, -0.2) is 18.2 Å². The van der Waals surface area contributed by atoms with Gasteiger partial charge in [0.2, 0.25) is 0 Å². The van der Waals surface area contributed by atoms with Crippen molar-refractivity contribution in [3.05, 3.63) is 101 Å². The highest BCUT2D eigenvalue weighted by Gasteiger charge is 2.42. The van der Waals surface area contributed by atoms with Crippen LogP contribution in [0.4, 0.5) is 5.69 Å². The third-order valence-electron chi connectivity index (χ3n) is 7.30. The Morgan fingerprint density at radius 2 is 1.59 bits per heavy atom. The number of benzene rings is 3. The van der Waals surface area contributed by atoms with E-state index in [1.54, 1.807) is 0 Å². The van der Waals surface area contributed by atoms with Gasteiger partial charge in [-0.05, 0) is 79.5 Å². The van der Waals surface area contributed by atoms with Gasteiger partial charge < -0.3 is 9.64 Å². The summed E-state index contributed by atoms with van der Waals surface area (Å²) in [4.78, 5) is 2.70. The largest absolute Gasteiger partial charge is 0.365 e. The van der Waals surface area contributed by atoms with Crippen molar-refractivity contribution in [3.8, 4) is 0 Å². The molecule has 0 spiro atoms. The smallest absolute Gasteiger partial charge is 0.108 e. The molecule has 0 saturated carbocycles. The zero-order valence-electron chi connectivity index (χ0n) is 19.9. The molecule has 0 radical (unpaired) electrons. The van der Waals surface area contributed by atoms with Crippen molar-refractivity contribution >= 4 is 29.7 Å². The molecule has 2 aliphatic rings. The lowest BCUT2D eigenvalue weighted by Crippen LogP contribution is -2.46. The standard InChI is InChI=1S/C30H34ClNO.ClH/c1-2-3-9-22-10-7-15-26(18-22)32-27-16-17-28(32)21-29(20-27)33-30(23-11-5-4-6-12-23)24-13-8-14-25(31)19-24;/h4-8,10-15,18-19,27-30H,2-3,9,16-17,20-21H2,1H3;1H. The molecule has 180 valence electrons. The first-order chi connectivity index (χ1) is 16.2. The van der Waals surface area contributed by atoms with Gasteiger partial charge in [0.25, 0.3) is 0 Å². The quantitative estimate of drug-likeness (QED) is 0.310. The van der Waals surface area contributed by atoms with Crippen LogP contribution in [0.2, 0.25) is 5.02 Å². The summed E-state index contributed by atoms with van der Waals surface area (Å²) in [5.74, 6) is 0. The number of halogens is 2. The second-order valence-electron chi connectivity index (χ2n) is 9.64. The predicted molar refractivity (Wildman–Crippen MR) is 145 cm³/mol. The Kier molecular flexibility index (Phi) is 8.58. The van der Waals surface area contributed by atoms with Gasteiger partial charge in [0, 0.05) is 22.8 Å². The Hall–Kier alpha value is -2.00. The van der Waals surface area contributed by atoms with Crippen LogP contribution in [0.1, 0.15) is 68.2 Å². The highest BCUT2D eigenvalue weighted by atomic mass is 35.5. The van der Waals surface area contributed by atoms with Crippen LogP contribution < -0.4 is 4.90 Å². The molecule has 0 aliphatic carbocycles. The third-order valence-corrected chi connectivity index (χ3v) is 7.53. The highest BCUT2D eigenvalue weighted by molar-refractivity contribution is 6.30. The second-order valence-corrected chi connectivity index (χ2v) is 10.1. The number of anilines is 1. The molecule has 2 bridgehead atoms.